The van der Waals surface area contributed by atoms with Gasteiger partial charge >= 0.3 is 24.3 Å². The quantitative estimate of drug-likeness (QED) is 0.496. The Labute approximate surface area is 223 Å². The van der Waals surface area contributed by atoms with Crippen LogP contribution in [0, 0.1) is 18.2 Å². The number of carboxylic acid groups (broad SMARTS) is 2. The number of hydrogen-bond acceptors (Lipinski definition) is 7. The van der Waals surface area contributed by atoms with Crippen molar-refractivity contribution >= 4 is 11.9 Å². The lowest BCUT2D eigenvalue weighted by Gasteiger charge is -2.43. The van der Waals surface area contributed by atoms with Crippen LogP contribution in [0.1, 0.15) is 24.2 Å². The maximum absolute atomic E-state index is 13.8. The van der Waals surface area contributed by atoms with Crippen molar-refractivity contribution in [3.05, 3.63) is 53.7 Å². The SMILES string of the molecule is Cc1cccc(CN2CC[C@H]3OCC[C@@]3(COc3ncccc3F)C2)n1.O=C(O)C(F)(F)F.O=C(O)C(F)(F)F. The molecule has 16 heteroatoms. The summed E-state index contributed by atoms with van der Waals surface area (Å²) in [4.78, 5) is 28.8. The van der Waals surface area contributed by atoms with Gasteiger partial charge in [0.15, 0.2) is 5.82 Å². The third-order valence-corrected chi connectivity index (χ3v) is 5.89. The van der Waals surface area contributed by atoms with Gasteiger partial charge in [-0.3, -0.25) is 9.88 Å². The first-order chi connectivity index (χ1) is 18.5. The summed E-state index contributed by atoms with van der Waals surface area (Å²) in [6.07, 6.45) is -6.57. The minimum absolute atomic E-state index is 0.0741. The summed E-state index contributed by atoms with van der Waals surface area (Å²) in [5.41, 5.74) is 1.99. The van der Waals surface area contributed by atoms with Crippen LogP contribution < -0.4 is 4.74 Å². The summed E-state index contributed by atoms with van der Waals surface area (Å²) >= 11 is 0. The number of aryl methyl sites for hydroxylation is 1. The molecule has 0 radical (unpaired) electrons. The highest BCUT2D eigenvalue weighted by Crippen LogP contribution is 2.41. The molecule has 222 valence electrons. The molecule has 2 aromatic heterocycles. The lowest BCUT2D eigenvalue weighted by atomic mass is 9.77. The van der Waals surface area contributed by atoms with Gasteiger partial charge in [-0.1, -0.05) is 6.07 Å². The molecule has 2 aliphatic rings. The van der Waals surface area contributed by atoms with Crippen molar-refractivity contribution in [3.8, 4) is 5.88 Å². The molecular formula is C24H26F7N3O6. The molecule has 0 aromatic carbocycles. The Morgan fingerprint density at radius 3 is 2.27 bits per heavy atom. The predicted molar refractivity (Wildman–Crippen MR) is 123 cm³/mol. The van der Waals surface area contributed by atoms with E-state index in [0.29, 0.717) is 6.61 Å². The van der Waals surface area contributed by atoms with E-state index >= 15 is 0 Å². The Morgan fingerprint density at radius 1 is 1.10 bits per heavy atom. The molecule has 2 aliphatic heterocycles. The van der Waals surface area contributed by atoms with Gasteiger partial charge in [-0.2, -0.15) is 26.3 Å². The van der Waals surface area contributed by atoms with Gasteiger partial charge in [0.05, 0.1) is 18.4 Å². The van der Waals surface area contributed by atoms with E-state index in [0.717, 1.165) is 50.5 Å². The van der Waals surface area contributed by atoms with Crippen LogP contribution in [0.4, 0.5) is 30.7 Å². The van der Waals surface area contributed by atoms with Gasteiger partial charge in [0.1, 0.15) is 0 Å². The smallest absolute Gasteiger partial charge is 0.475 e. The molecular weight excluding hydrogens is 559 g/mol. The first-order valence-corrected chi connectivity index (χ1v) is 11.6. The van der Waals surface area contributed by atoms with Crippen molar-refractivity contribution in [2.75, 3.05) is 26.3 Å². The number of likely N-dealkylation sites (tertiary alicyclic amines) is 1. The third-order valence-electron chi connectivity index (χ3n) is 5.89. The average molecular weight is 585 g/mol. The molecule has 2 atom stereocenters. The summed E-state index contributed by atoms with van der Waals surface area (Å²) in [5, 5.41) is 14.2. The zero-order valence-corrected chi connectivity index (χ0v) is 21.0. The summed E-state index contributed by atoms with van der Waals surface area (Å²) in [6.45, 7) is 5.81. The van der Waals surface area contributed by atoms with Crippen molar-refractivity contribution in [2.45, 2.75) is 44.8 Å². The number of hydrogen-bond donors (Lipinski definition) is 2. The highest BCUT2D eigenvalue weighted by molar-refractivity contribution is 5.73. The van der Waals surface area contributed by atoms with Crippen LogP contribution >= 0.6 is 0 Å². The van der Waals surface area contributed by atoms with E-state index in [4.69, 9.17) is 29.3 Å². The molecule has 40 heavy (non-hydrogen) atoms. The Balaban J connectivity index is 0.000000333. The van der Waals surface area contributed by atoms with Gasteiger partial charge in [-0.05, 0) is 44.0 Å². The van der Waals surface area contributed by atoms with Crippen molar-refractivity contribution < 1.29 is 60.0 Å². The predicted octanol–water partition coefficient (Wildman–Crippen LogP) is 4.25. The topological polar surface area (TPSA) is 122 Å². The first-order valence-electron chi connectivity index (χ1n) is 11.6. The lowest BCUT2D eigenvalue weighted by molar-refractivity contribution is -0.193. The zero-order chi connectivity index (χ0) is 30.1. The number of aromatic nitrogens is 2. The van der Waals surface area contributed by atoms with Gasteiger partial charge in [0.2, 0.25) is 5.88 Å². The van der Waals surface area contributed by atoms with Crippen LogP contribution in [0.3, 0.4) is 0 Å². The molecule has 0 amide bonds. The molecule has 4 heterocycles. The largest absolute Gasteiger partial charge is 0.490 e. The number of pyridine rings is 2. The molecule has 9 nitrogen and oxygen atoms in total. The number of ether oxygens (including phenoxy) is 2. The van der Waals surface area contributed by atoms with Crippen LogP contribution in [-0.2, 0) is 20.9 Å². The molecule has 0 saturated carbocycles. The number of nitrogens with zero attached hydrogens (tertiary/aromatic N) is 3. The van der Waals surface area contributed by atoms with Crippen LogP contribution in [0.15, 0.2) is 36.5 Å². The normalized spacial score (nSPS) is 20.8. The number of carboxylic acids is 2. The molecule has 0 aliphatic carbocycles. The molecule has 2 saturated heterocycles. The Bertz CT molecular complexity index is 1120. The average Bonchev–Trinajstić information content (AvgIpc) is 3.26. The number of rotatable bonds is 5. The van der Waals surface area contributed by atoms with Crippen molar-refractivity contribution in [1.29, 1.82) is 0 Å². The fourth-order valence-corrected chi connectivity index (χ4v) is 4.09. The third kappa shape index (κ3) is 9.89. The molecule has 0 unspecified atom stereocenters. The molecule has 0 bridgehead atoms. The Morgan fingerprint density at radius 2 is 1.73 bits per heavy atom. The van der Waals surface area contributed by atoms with Crippen LogP contribution in [0.25, 0.3) is 0 Å². The van der Waals surface area contributed by atoms with Crippen molar-refractivity contribution in [3.63, 3.8) is 0 Å². The fraction of sp³-hybridized carbons (Fsp3) is 0.500. The van der Waals surface area contributed by atoms with Crippen LogP contribution in [-0.4, -0.2) is 81.8 Å². The van der Waals surface area contributed by atoms with Crippen molar-refractivity contribution in [1.82, 2.24) is 14.9 Å². The summed E-state index contributed by atoms with van der Waals surface area (Å²) in [5.74, 6) is -5.86. The van der Waals surface area contributed by atoms with Gasteiger partial charge in [0, 0.05) is 43.5 Å². The van der Waals surface area contributed by atoms with E-state index in [2.05, 4.69) is 20.9 Å². The highest BCUT2D eigenvalue weighted by atomic mass is 19.4. The van der Waals surface area contributed by atoms with E-state index in [9.17, 15) is 30.7 Å². The second-order valence-corrected chi connectivity index (χ2v) is 8.93. The second kappa shape index (κ2) is 13.7. The second-order valence-electron chi connectivity index (χ2n) is 8.93. The Hall–Kier alpha value is -3.53. The molecule has 4 rings (SSSR count). The van der Waals surface area contributed by atoms with Gasteiger partial charge in [0.25, 0.3) is 0 Å². The number of fused-ring (bicyclic) bond motifs is 1. The standard InChI is InChI=1S/C20H24FN3O2.2C2HF3O2/c1-15-4-2-5-16(23-15)12-24-10-7-18-20(13-24,8-11-25-18)14-26-19-17(21)6-3-9-22-19;2*3-2(4,5)1(6)7/h2-6,9,18H,7-8,10-14H2,1H3;2*(H,6,7)/t18-,20+;;/m1../s1. The molecule has 0 spiro atoms. The van der Waals surface area contributed by atoms with E-state index in [1.165, 1.54) is 6.07 Å². The zero-order valence-electron chi connectivity index (χ0n) is 21.0. The van der Waals surface area contributed by atoms with E-state index in [-0.39, 0.29) is 17.4 Å². The number of alkyl halides is 6. The number of piperidine rings is 1. The number of halogens is 7. The minimum atomic E-state index is -5.08. The first kappa shape index (κ1) is 32.7. The van der Waals surface area contributed by atoms with E-state index < -0.39 is 30.1 Å². The van der Waals surface area contributed by atoms with Gasteiger partial charge < -0.3 is 19.7 Å². The minimum Gasteiger partial charge on any atom is -0.475 e. The van der Waals surface area contributed by atoms with Crippen molar-refractivity contribution in [2.24, 2.45) is 5.41 Å². The maximum atomic E-state index is 13.8. The van der Waals surface area contributed by atoms with E-state index in [1.54, 1.807) is 12.3 Å². The molecule has 2 fully saturated rings. The van der Waals surface area contributed by atoms with E-state index in [1.807, 2.05) is 19.1 Å². The summed E-state index contributed by atoms with van der Waals surface area (Å²) in [7, 11) is 0. The van der Waals surface area contributed by atoms with Gasteiger partial charge in [-0.15, -0.1) is 0 Å². The van der Waals surface area contributed by atoms with Crippen LogP contribution in [0.2, 0.25) is 0 Å². The highest BCUT2D eigenvalue weighted by Gasteiger charge is 2.48. The monoisotopic (exact) mass is 585 g/mol. The number of carbonyl (C=O) groups is 2. The number of aliphatic carboxylic acids is 2. The maximum Gasteiger partial charge on any atom is 0.490 e. The fourth-order valence-electron chi connectivity index (χ4n) is 4.09. The molecule has 2 aromatic rings. The van der Waals surface area contributed by atoms with Crippen LogP contribution in [0.5, 0.6) is 5.88 Å². The summed E-state index contributed by atoms with van der Waals surface area (Å²) < 4.78 is 89.1. The summed E-state index contributed by atoms with van der Waals surface area (Å²) in [6, 6.07) is 9.07. The lowest BCUT2D eigenvalue weighted by Crippen LogP contribution is -2.52. The Kier molecular flexibility index (Phi) is 11.2. The molecule has 2 N–H and O–H groups in total. The van der Waals surface area contributed by atoms with Gasteiger partial charge in [-0.25, -0.2) is 19.0 Å².